The molecule has 0 aliphatic carbocycles. The van der Waals surface area contributed by atoms with Gasteiger partial charge in [-0.3, -0.25) is 10.1 Å². The van der Waals surface area contributed by atoms with E-state index in [0.717, 1.165) is 25.6 Å². The lowest BCUT2D eigenvalue weighted by Crippen LogP contribution is -1.98. The minimum absolute atomic E-state index is 0.165. The number of unbranched alkanes of at least 4 members (excludes halogenated alkanes) is 1. The number of aromatic nitrogens is 2. The second-order valence-corrected chi connectivity index (χ2v) is 4.78. The molecule has 0 N–H and O–H groups in total. The van der Waals surface area contributed by atoms with E-state index < -0.39 is 10.6 Å². The number of aryl methyl sites for hydroxylation is 1. The van der Waals surface area contributed by atoms with E-state index in [1.165, 1.54) is 5.56 Å². The van der Waals surface area contributed by atoms with Gasteiger partial charge in [0, 0.05) is 0 Å². The van der Waals surface area contributed by atoms with E-state index in [0.29, 0.717) is 5.75 Å². The van der Waals surface area contributed by atoms with Gasteiger partial charge in [-0.05, 0) is 30.5 Å². The zero-order valence-corrected chi connectivity index (χ0v) is 12.2. The SMILES string of the molecule is CCCCc1ccc(Oc2ncnc(Cl)c2[N+](=O)[O-])cc1. The lowest BCUT2D eigenvalue weighted by molar-refractivity contribution is -0.386. The van der Waals surface area contributed by atoms with Crippen LogP contribution in [0, 0.1) is 10.1 Å². The molecule has 0 unspecified atom stereocenters. The Morgan fingerprint density at radius 1 is 1.29 bits per heavy atom. The minimum Gasteiger partial charge on any atom is -0.434 e. The van der Waals surface area contributed by atoms with E-state index in [2.05, 4.69) is 16.9 Å². The van der Waals surface area contributed by atoms with Gasteiger partial charge >= 0.3 is 11.6 Å². The van der Waals surface area contributed by atoms with Crippen molar-refractivity contribution in [2.75, 3.05) is 0 Å². The molecule has 0 fully saturated rings. The average Bonchev–Trinajstić information content (AvgIpc) is 2.46. The van der Waals surface area contributed by atoms with Gasteiger partial charge in [-0.15, -0.1) is 0 Å². The molecule has 1 heterocycles. The maximum Gasteiger partial charge on any atom is 0.368 e. The van der Waals surface area contributed by atoms with Crippen molar-refractivity contribution < 1.29 is 9.66 Å². The van der Waals surface area contributed by atoms with Crippen LogP contribution in [0.1, 0.15) is 25.3 Å². The van der Waals surface area contributed by atoms with Gasteiger partial charge in [-0.25, -0.2) is 4.98 Å². The highest BCUT2D eigenvalue weighted by Crippen LogP contribution is 2.33. The van der Waals surface area contributed by atoms with E-state index in [4.69, 9.17) is 16.3 Å². The molecule has 1 aromatic heterocycles. The van der Waals surface area contributed by atoms with Gasteiger partial charge < -0.3 is 4.74 Å². The molecule has 0 saturated heterocycles. The maximum atomic E-state index is 11.0. The van der Waals surface area contributed by atoms with E-state index in [-0.39, 0.29) is 11.0 Å². The minimum atomic E-state index is -0.659. The largest absolute Gasteiger partial charge is 0.434 e. The second kappa shape index (κ2) is 6.99. The topological polar surface area (TPSA) is 78.2 Å². The summed E-state index contributed by atoms with van der Waals surface area (Å²) in [7, 11) is 0. The van der Waals surface area contributed by atoms with E-state index >= 15 is 0 Å². The number of benzene rings is 1. The number of rotatable bonds is 6. The lowest BCUT2D eigenvalue weighted by Gasteiger charge is -2.06. The Morgan fingerprint density at radius 3 is 2.62 bits per heavy atom. The van der Waals surface area contributed by atoms with Gasteiger partial charge in [0.15, 0.2) is 0 Å². The van der Waals surface area contributed by atoms with Gasteiger partial charge in [0.25, 0.3) is 0 Å². The van der Waals surface area contributed by atoms with Gasteiger partial charge in [-0.2, -0.15) is 4.98 Å². The van der Waals surface area contributed by atoms with Crippen LogP contribution < -0.4 is 4.74 Å². The summed E-state index contributed by atoms with van der Waals surface area (Å²) in [6.07, 6.45) is 4.37. The summed E-state index contributed by atoms with van der Waals surface area (Å²) in [4.78, 5) is 17.7. The number of nitrogens with zero attached hydrogens (tertiary/aromatic N) is 3. The summed E-state index contributed by atoms with van der Waals surface area (Å²) in [5.41, 5.74) is 0.758. The molecule has 0 aliphatic rings. The van der Waals surface area contributed by atoms with E-state index in [1.807, 2.05) is 12.1 Å². The molecule has 6 nitrogen and oxygen atoms in total. The molecule has 1 aromatic carbocycles. The highest BCUT2D eigenvalue weighted by atomic mass is 35.5. The molecule has 2 rings (SSSR count). The monoisotopic (exact) mass is 307 g/mol. The van der Waals surface area contributed by atoms with Crippen LogP contribution in [0.2, 0.25) is 5.15 Å². The van der Waals surface area contributed by atoms with Crippen LogP contribution in [0.25, 0.3) is 0 Å². The van der Waals surface area contributed by atoms with Gasteiger partial charge in [-0.1, -0.05) is 37.1 Å². The van der Waals surface area contributed by atoms with Crippen molar-refractivity contribution in [1.29, 1.82) is 0 Å². The molecule has 7 heteroatoms. The highest BCUT2D eigenvalue weighted by molar-refractivity contribution is 6.31. The fourth-order valence-corrected chi connectivity index (χ4v) is 1.98. The summed E-state index contributed by atoms with van der Waals surface area (Å²) < 4.78 is 5.43. The Kier molecular flexibility index (Phi) is 5.05. The van der Waals surface area contributed by atoms with Crippen LogP contribution in [0.5, 0.6) is 11.6 Å². The first-order chi connectivity index (χ1) is 10.1. The maximum absolute atomic E-state index is 11.0. The first-order valence-corrected chi connectivity index (χ1v) is 6.91. The number of ether oxygens (including phenoxy) is 1. The zero-order chi connectivity index (χ0) is 15.2. The molecule has 110 valence electrons. The average molecular weight is 308 g/mol. The van der Waals surface area contributed by atoms with Crippen LogP contribution in [0.4, 0.5) is 5.69 Å². The van der Waals surface area contributed by atoms with Crippen LogP contribution >= 0.6 is 11.6 Å². The fourth-order valence-electron chi connectivity index (χ4n) is 1.79. The predicted octanol–water partition coefficient (Wildman–Crippen LogP) is 4.17. The molecule has 0 bridgehead atoms. The van der Waals surface area contributed by atoms with Crippen molar-refractivity contribution in [1.82, 2.24) is 9.97 Å². The van der Waals surface area contributed by atoms with Gasteiger partial charge in [0.1, 0.15) is 12.1 Å². The van der Waals surface area contributed by atoms with E-state index in [9.17, 15) is 10.1 Å². The third-order valence-electron chi connectivity index (χ3n) is 2.88. The second-order valence-electron chi connectivity index (χ2n) is 4.42. The summed E-state index contributed by atoms with van der Waals surface area (Å²) in [5.74, 6) is 0.300. The van der Waals surface area contributed by atoms with Crippen molar-refractivity contribution in [2.24, 2.45) is 0 Å². The number of hydrogen-bond acceptors (Lipinski definition) is 5. The number of nitro groups is 1. The summed E-state index contributed by atoms with van der Waals surface area (Å²) >= 11 is 5.70. The molecule has 0 radical (unpaired) electrons. The fraction of sp³-hybridized carbons (Fsp3) is 0.286. The summed E-state index contributed by atoms with van der Waals surface area (Å²) in [6.45, 7) is 2.13. The molecule has 21 heavy (non-hydrogen) atoms. The first kappa shape index (κ1) is 15.2. The molecule has 0 atom stereocenters. The Bertz CT molecular complexity index is 632. The van der Waals surface area contributed by atoms with Crippen molar-refractivity contribution in [3.8, 4) is 11.6 Å². The summed E-state index contributed by atoms with van der Waals surface area (Å²) in [6, 6.07) is 7.37. The third-order valence-corrected chi connectivity index (χ3v) is 3.16. The van der Waals surface area contributed by atoms with Crippen molar-refractivity contribution in [2.45, 2.75) is 26.2 Å². The quantitative estimate of drug-likeness (QED) is 0.454. The van der Waals surface area contributed by atoms with Crippen LogP contribution in [-0.2, 0) is 6.42 Å². The smallest absolute Gasteiger partial charge is 0.368 e. The Hall–Kier alpha value is -2.21. The number of halogens is 1. The standard InChI is InChI=1S/C14H14ClN3O3/c1-2-3-4-10-5-7-11(8-6-10)21-14-12(18(19)20)13(15)16-9-17-14/h5-9H,2-4H2,1H3. The van der Waals surface area contributed by atoms with Crippen molar-refractivity contribution in [3.63, 3.8) is 0 Å². The van der Waals surface area contributed by atoms with Crippen molar-refractivity contribution >= 4 is 17.3 Å². The lowest BCUT2D eigenvalue weighted by atomic mass is 10.1. The molecular weight excluding hydrogens is 294 g/mol. The van der Waals surface area contributed by atoms with Crippen molar-refractivity contribution in [3.05, 3.63) is 51.4 Å². The Labute approximate surface area is 126 Å². The molecule has 0 spiro atoms. The highest BCUT2D eigenvalue weighted by Gasteiger charge is 2.23. The number of hydrogen-bond donors (Lipinski definition) is 0. The predicted molar refractivity (Wildman–Crippen MR) is 78.8 cm³/mol. The van der Waals surface area contributed by atoms with E-state index in [1.54, 1.807) is 12.1 Å². The summed E-state index contributed by atoms with van der Waals surface area (Å²) in [5, 5.41) is 10.7. The molecule has 2 aromatic rings. The molecule has 0 saturated carbocycles. The van der Waals surface area contributed by atoms with Gasteiger partial charge in [0.05, 0.1) is 4.92 Å². The first-order valence-electron chi connectivity index (χ1n) is 6.53. The van der Waals surface area contributed by atoms with Crippen LogP contribution in [0.15, 0.2) is 30.6 Å². The molecule has 0 amide bonds. The molecular formula is C14H14ClN3O3. The van der Waals surface area contributed by atoms with Gasteiger partial charge in [0.2, 0.25) is 5.15 Å². The Morgan fingerprint density at radius 2 is 2.00 bits per heavy atom. The zero-order valence-electron chi connectivity index (χ0n) is 11.5. The van der Waals surface area contributed by atoms with Crippen LogP contribution in [0.3, 0.4) is 0 Å². The van der Waals surface area contributed by atoms with Crippen LogP contribution in [-0.4, -0.2) is 14.9 Å². The Balaban J connectivity index is 2.19. The third kappa shape index (κ3) is 3.88. The normalized spacial score (nSPS) is 10.4. The molecule has 0 aliphatic heterocycles.